The smallest absolute Gasteiger partial charge is 0.307 e. The second-order valence-electron chi connectivity index (χ2n) is 7.91. The first-order valence-corrected chi connectivity index (χ1v) is 10.1. The van der Waals surface area contributed by atoms with Crippen molar-refractivity contribution in [3.63, 3.8) is 0 Å². The highest BCUT2D eigenvalue weighted by molar-refractivity contribution is 6.30. The number of halogens is 1. The summed E-state index contributed by atoms with van der Waals surface area (Å²) < 4.78 is 0. The fraction of sp³-hybridized carbons (Fsp3) is 0.524. The number of carboxylic acids is 1. The Morgan fingerprint density at radius 3 is 2.30 bits per heavy atom. The fourth-order valence-electron chi connectivity index (χ4n) is 4.90. The van der Waals surface area contributed by atoms with E-state index in [4.69, 9.17) is 11.6 Å². The number of amides is 1. The summed E-state index contributed by atoms with van der Waals surface area (Å²) in [5.41, 5.74) is 1.17. The quantitative estimate of drug-likeness (QED) is 0.806. The Bertz CT molecular complexity index is 758. The van der Waals surface area contributed by atoms with Gasteiger partial charge in [0, 0.05) is 37.7 Å². The molecule has 1 amide bonds. The fourth-order valence-corrected chi connectivity index (χ4v) is 5.11. The van der Waals surface area contributed by atoms with Gasteiger partial charge in [0.2, 0.25) is 5.91 Å². The second-order valence-corrected chi connectivity index (χ2v) is 8.35. The van der Waals surface area contributed by atoms with Gasteiger partial charge in [-0.15, -0.1) is 0 Å². The van der Waals surface area contributed by atoms with Gasteiger partial charge in [-0.25, -0.2) is 0 Å². The molecule has 1 saturated heterocycles. The van der Waals surface area contributed by atoms with Gasteiger partial charge in [-0.05, 0) is 42.4 Å². The summed E-state index contributed by atoms with van der Waals surface area (Å²) in [4.78, 5) is 29.2. The minimum Gasteiger partial charge on any atom is -0.481 e. The van der Waals surface area contributed by atoms with Crippen LogP contribution in [0.3, 0.4) is 0 Å². The highest BCUT2D eigenvalue weighted by Crippen LogP contribution is 2.45. The number of hydrogen-bond acceptors (Lipinski definition) is 3. The largest absolute Gasteiger partial charge is 0.481 e. The van der Waals surface area contributed by atoms with Crippen LogP contribution in [0.1, 0.15) is 18.4 Å². The van der Waals surface area contributed by atoms with Crippen LogP contribution in [0.2, 0.25) is 5.02 Å². The maximum atomic E-state index is 13.2. The second kappa shape index (κ2) is 7.64. The van der Waals surface area contributed by atoms with Gasteiger partial charge in [0.15, 0.2) is 0 Å². The van der Waals surface area contributed by atoms with E-state index >= 15 is 0 Å². The summed E-state index contributed by atoms with van der Waals surface area (Å²) in [5, 5.41) is 10.4. The molecule has 6 heteroatoms. The molecule has 1 aromatic carbocycles. The van der Waals surface area contributed by atoms with Gasteiger partial charge in [-0.2, -0.15) is 0 Å². The lowest BCUT2D eigenvalue weighted by Crippen LogP contribution is -2.55. The summed E-state index contributed by atoms with van der Waals surface area (Å²) in [6.07, 6.45) is 5.90. The van der Waals surface area contributed by atoms with Crippen LogP contribution >= 0.6 is 11.6 Å². The first kappa shape index (κ1) is 18.5. The molecule has 3 aliphatic carbocycles. The van der Waals surface area contributed by atoms with Crippen LogP contribution in [0, 0.1) is 23.7 Å². The van der Waals surface area contributed by atoms with Crippen LogP contribution in [-0.2, 0) is 16.1 Å². The van der Waals surface area contributed by atoms with Gasteiger partial charge >= 0.3 is 5.97 Å². The monoisotopic (exact) mass is 388 g/mol. The predicted octanol–water partition coefficient (Wildman–Crippen LogP) is 2.90. The number of carbonyl (C=O) groups excluding carboxylic acids is 1. The number of carbonyl (C=O) groups is 2. The van der Waals surface area contributed by atoms with Crippen molar-refractivity contribution < 1.29 is 14.7 Å². The van der Waals surface area contributed by atoms with Crippen molar-refractivity contribution in [2.45, 2.75) is 19.4 Å². The van der Waals surface area contributed by atoms with E-state index in [1.54, 1.807) is 0 Å². The molecule has 0 unspecified atom stereocenters. The van der Waals surface area contributed by atoms with Crippen molar-refractivity contribution >= 4 is 23.5 Å². The van der Waals surface area contributed by atoms with Crippen LogP contribution in [0.5, 0.6) is 0 Å². The summed E-state index contributed by atoms with van der Waals surface area (Å²) in [7, 11) is 0. The molecule has 0 aromatic heterocycles. The van der Waals surface area contributed by atoms with Gasteiger partial charge in [0.05, 0.1) is 11.8 Å². The number of allylic oxidation sites excluding steroid dienone is 2. The van der Waals surface area contributed by atoms with Gasteiger partial charge in [-0.1, -0.05) is 35.9 Å². The first-order chi connectivity index (χ1) is 13.0. The normalized spacial score (nSPS) is 30.5. The molecule has 4 aliphatic rings. The highest BCUT2D eigenvalue weighted by Gasteiger charge is 2.49. The van der Waals surface area contributed by atoms with Crippen LogP contribution in [0.15, 0.2) is 36.4 Å². The number of piperazine rings is 1. The molecule has 2 bridgehead atoms. The Labute approximate surface area is 164 Å². The lowest BCUT2D eigenvalue weighted by molar-refractivity contribution is -0.157. The molecule has 1 saturated carbocycles. The van der Waals surface area contributed by atoms with Gasteiger partial charge in [-0.3, -0.25) is 14.5 Å². The maximum absolute atomic E-state index is 13.2. The average molecular weight is 389 g/mol. The molecule has 5 nitrogen and oxygen atoms in total. The number of benzene rings is 1. The molecule has 2 fully saturated rings. The number of aliphatic carboxylic acids is 1. The molecule has 144 valence electrons. The predicted molar refractivity (Wildman–Crippen MR) is 103 cm³/mol. The van der Waals surface area contributed by atoms with E-state index in [1.807, 2.05) is 29.2 Å². The van der Waals surface area contributed by atoms with E-state index in [2.05, 4.69) is 17.0 Å². The van der Waals surface area contributed by atoms with Crippen molar-refractivity contribution in [1.29, 1.82) is 0 Å². The zero-order chi connectivity index (χ0) is 19.0. The Balaban J connectivity index is 1.38. The summed E-state index contributed by atoms with van der Waals surface area (Å²) in [5.74, 6) is -1.68. The van der Waals surface area contributed by atoms with Crippen LogP contribution in [0.4, 0.5) is 0 Å². The number of hydrogen-bond donors (Lipinski definition) is 1. The third-order valence-corrected chi connectivity index (χ3v) is 6.53. The molecular weight excluding hydrogens is 364 g/mol. The molecule has 1 aliphatic heterocycles. The molecule has 1 aromatic rings. The third-order valence-electron chi connectivity index (χ3n) is 6.30. The number of rotatable bonds is 4. The van der Waals surface area contributed by atoms with Gasteiger partial charge in [0.25, 0.3) is 0 Å². The zero-order valence-electron chi connectivity index (χ0n) is 15.3. The van der Waals surface area contributed by atoms with Crippen LogP contribution in [0.25, 0.3) is 0 Å². The summed E-state index contributed by atoms with van der Waals surface area (Å²) in [6, 6.07) is 7.86. The van der Waals surface area contributed by atoms with E-state index in [1.165, 1.54) is 5.56 Å². The van der Waals surface area contributed by atoms with Crippen molar-refractivity contribution in [2.24, 2.45) is 23.7 Å². The van der Waals surface area contributed by atoms with E-state index in [9.17, 15) is 14.7 Å². The van der Waals surface area contributed by atoms with E-state index in [0.29, 0.717) is 13.1 Å². The first-order valence-electron chi connectivity index (χ1n) is 9.69. The van der Waals surface area contributed by atoms with Crippen LogP contribution in [-0.4, -0.2) is 53.0 Å². The van der Waals surface area contributed by atoms with E-state index in [-0.39, 0.29) is 17.7 Å². The third kappa shape index (κ3) is 3.76. The maximum Gasteiger partial charge on any atom is 0.307 e. The van der Waals surface area contributed by atoms with Gasteiger partial charge in [0.1, 0.15) is 0 Å². The molecule has 4 atom stereocenters. The molecule has 27 heavy (non-hydrogen) atoms. The van der Waals surface area contributed by atoms with E-state index in [0.717, 1.165) is 37.5 Å². The zero-order valence-corrected chi connectivity index (χ0v) is 16.0. The number of carboxylic acid groups (broad SMARTS) is 1. The number of fused-ring (bicyclic) bond motifs is 2. The Morgan fingerprint density at radius 1 is 1.04 bits per heavy atom. The Hall–Kier alpha value is -1.85. The molecule has 0 spiro atoms. The lowest BCUT2D eigenvalue weighted by atomic mass is 9.62. The Morgan fingerprint density at radius 2 is 1.70 bits per heavy atom. The van der Waals surface area contributed by atoms with Crippen molar-refractivity contribution in [2.75, 3.05) is 26.2 Å². The molecule has 0 radical (unpaired) electrons. The highest BCUT2D eigenvalue weighted by atomic mass is 35.5. The lowest BCUT2D eigenvalue weighted by Gasteiger charge is -2.45. The van der Waals surface area contributed by atoms with Crippen molar-refractivity contribution in [3.05, 3.63) is 47.0 Å². The minimum absolute atomic E-state index is 0.00516. The molecule has 1 heterocycles. The summed E-state index contributed by atoms with van der Waals surface area (Å²) >= 11 is 6.06. The average Bonchev–Trinajstić information content (AvgIpc) is 2.68. The summed E-state index contributed by atoms with van der Waals surface area (Å²) in [6.45, 7) is 3.73. The molecule has 5 rings (SSSR count). The van der Waals surface area contributed by atoms with E-state index < -0.39 is 17.8 Å². The Kier molecular flexibility index (Phi) is 5.24. The SMILES string of the molecule is O=C(O)[C@@H]1[C@@H](C(=O)N2CCN(Cc3cccc(Cl)c3)CC2)[C@H]2C=C[C@H]1CC2. The van der Waals surface area contributed by atoms with Gasteiger partial charge < -0.3 is 10.0 Å². The van der Waals surface area contributed by atoms with Crippen molar-refractivity contribution in [3.8, 4) is 0 Å². The molecular formula is C21H25ClN2O3. The van der Waals surface area contributed by atoms with Crippen LogP contribution < -0.4 is 0 Å². The topological polar surface area (TPSA) is 60.9 Å². The standard InChI is InChI=1S/C21H25ClN2O3/c22-17-3-1-2-14(12-17)13-23-8-10-24(11-9-23)20(25)18-15-4-6-16(7-5-15)19(18)21(26)27/h1-4,6,12,15-16,18-19H,5,7-11,13H2,(H,26,27)/t15-,16-,18-,19-/m0/s1. The van der Waals surface area contributed by atoms with Crippen molar-refractivity contribution in [1.82, 2.24) is 9.80 Å². The number of nitrogens with zero attached hydrogens (tertiary/aromatic N) is 2. The molecule has 1 N–H and O–H groups in total. The minimum atomic E-state index is -0.827.